The van der Waals surface area contributed by atoms with Gasteiger partial charge in [-0.05, 0) is 36.2 Å². The zero-order valence-corrected chi connectivity index (χ0v) is 14.5. The lowest BCUT2D eigenvalue weighted by Gasteiger charge is -2.28. The van der Waals surface area contributed by atoms with E-state index in [-0.39, 0.29) is 17.2 Å². The largest absolute Gasteiger partial charge is 0.497 e. The first-order valence-corrected chi connectivity index (χ1v) is 8.23. The lowest BCUT2D eigenvalue weighted by Crippen LogP contribution is -2.34. The molecular formula is C21H21NO3. The fourth-order valence-corrected chi connectivity index (χ4v) is 3.13. The van der Waals surface area contributed by atoms with Gasteiger partial charge in [-0.25, -0.2) is 0 Å². The molecule has 0 saturated carbocycles. The van der Waals surface area contributed by atoms with Gasteiger partial charge in [-0.1, -0.05) is 37.3 Å². The normalized spacial score (nSPS) is 15.7. The second-order valence-corrected chi connectivity index (χ2v) is 6.41. The Morgan fingerprint density at radius 1 is 1.08 bits per heavy atom. The van der Waals surface area contributed by atoms with E-state index in [4.69, 9.17) is 4.74 Å². The number of methoxy groups -OCH3 is 1. The minimum absolute atomic E-state index is 0.224. The van der Waals surface area contributed by atoms with Gasteiger partial charge in [0, 0.05) is 12.0 Å². The summed E-state index contributed by atoms with van der Waals surface area (Å²) in [6, 6.07) is 14.7. The molecule has 1 atom stereocenters. The lowest BCUT2D eigenvalue weighted by molar-refractivity contribution is 0.0646. The van der Waals surface area contributed by atoms with Crippen LogP contribution in [0.1, 0.15) is 39.6 Å². The predicted octanol–water partition coefficient (Wildman–Crippen LogP) is 3.83. The number of hydrogen-bond donors (Lipinski definition) is 0. The SMILES string of the molecule is C=C[C@@](C)(CCN1C(=O)c2ccccc2C1=O)c1cccc(OC)c1. The average Bonchev–Trinajstić information content (AvgIpc) is 2.90. The Kier molecular flexibility index (Phi) is 4.45. The van der Waals surface area contributed by atoms with Crippen LogP contribution < -0.4 is 4.74 Å². The van der Waals surface area contributed by atoms with Gasteiger partial charge in [-0.3, -0.25) is 14.5 Å². The van der Waals surface area contributed by atoms with E-state index in [1.807, 2.05) is 37.3 Å². The summed E-state index contributed by atoms with van der Waals surface area (Å²) >= 11 is 0. The number of carbonyl (C=O) groups is 2. The zero-order chi connectivity index (χ0) is 18.0. The molecule has 0 fully saturated rings. The van der Waals surface area contributed by atoms with Gasteiger partial charge in [0.25, 0.3) is 11.8 Å². The van der Waals surface area contributed by atoms with Crippen LogP contribution in [0, 0.1) is 0 Å². The van der Waals surface area contributed by atoms with Crippen molar-refractivity contribution in [1.82, 2.24) is 4.90 Å². The fourth-order valence-electron chi connectivity index (χ4n) is 3.13. The van der Waals surface area contributed by atoms with Gasteiger partial charge in [0.2, 0.25) is 0 Å². The molecule has 0 unspecified atom stereocenters. The predicted molar refractivity (Wildman–Crippen MR) is 97.0 cm³/mol. The lowest BCUT2D eigenvalue weighted by atomic mass is 9.79. The van der Waals surface area contributed by atoms with E-state index in [1.54, 1.807) is 31.4 Å². The molecule has 0 bridgehead atoms. The summed E-state index contributed by atoms with van der Waals surface area (Å²) < 4.78 is 5.30. The highest BCUT2D eigenvalue weighted by Gasteiger charge is 2.36. The Hall–Kier alpha value is -2.88. The van der Waals surface area contributed by atoms with Gasteiger partial charge in [-0.15, -0.1) is 6.58 Å². The number of rotatable bonds is 6. The van der Waals surface area contributed by atoms with Crippen molar-refractivity contribution in [3.63, 3.8) is 0 Å². The molecular weight excluding hydrogens is 314 g/mol. The summed E-state index contributed by atoms with van der Waals surface area (Å²) in [5.74, 6) is 0.321. The third-order valence-corrected chi connectivity index (χ3v) is 4.91. The number of hydrogen-bond acceptors (Lipinski definition) is 3. The van der Waals surface area contributed by atoms with E-state index >= 15 is 0 Å². The van der Waals surface area contributed by atoms with Crippen LogP contribution in [0.4, 0.5) is 0 Å². The minimum atomic E-state index is -0.371. The molecule has 4 nitrogen and oxygen atoms in total. The molecule has 0 radical (unpaired) electrons. The van der Waals surface area contributed by atoms with Gasteiger partial charge >= 0.3 is 0 Å². The molecule has 2 amide bonds. The van der Waals surface area contributed by atoms with Gasteiger partial charge < -0.3 is 4.74 Å². The number of carbonyl (C=O) groups excluding carboxylic acids is 2. The molecule has 0 aliphatic carbocycles. The van der Waals surface area contributed by atoms with Crippen molar-refractivity contribution in [2.75, 3.05) is 13.7 Å². The summed E-state index contributed by atoms with van der Waals surface area (Å²) in [4.78, 5) is 26.3. The van der Waals surface area contributed by atoms with E-state index in [2.05, 4.69) is 6.58 Å². The molecule has 1 heterocycles. The van der Waals surface area contributed by atoms with Gasteiger partial charge in [-0.2, -0.15) is 0 Å². The van der Waals surface area contributed by atoms with Crippen molar-refractivity contribution in [2.24, 2.45) is 0 Å². The van der Waals surface area contributed by atoms with Crippen molar-refractivity contribution < 1.29 is 14.3 Å². The summed E-state index contributed by atoms with van der Waals surface area (Å²) in [5.41, 5.74) is 1.63. The number of ether oxygens (including phenoxy) is 1. The summed E-state index contributed by atoms with van der Waals surface area (Å²) in [6.45, 7) is 6.35. The first-order chi connectivity index (χ1) is 12.0. The van der Waals surface area contributed by atoms with Crippen LogP contribution in [0.25, 0.3) is 0 Å². The van der Waals surface area contributed by atoms with Crippen LogP contribution in [0.3, 0.4) is 0 Å². The minimum Gasteiger partial charge on any atom is -0.497 e. The molecule has 0 aromatic heterocycles. The van der Waals surface area contributed by atoms with E-state index in [0.717, 1.165) is 11.3 Å². The van der Waals surface area contributed by atoms with Crippen LogP contribution in [0.5, 0.6) is 5.75 Å². The van der Waals surface area contributed by atoms with Crippen molar-refractivity contribution in [3.05, 3.63) is 77.9 Å². The molecule has 1 aliphatic heterocycles. The highest BCUT2D eigenvalue weighted by Crippen LogP contribution is 2.32. The molecule has 4 heteroatoms. The van der Waals surface area contributed by atoms with Crippen LogP contribution >= 0.6 is 0 Å². The van der Waals surface area contributed by atoms with Crippen molar-refractivity contribution >= 4 is 11.8 Å². The first kappa shape index (κ1) is 17.0. The van der Waals surface area contributed by atoms with Crippen LogP contribution in [-0.4, -0.2) is 30.4 Å². The summed E-state index contributed by atoms with van der Waals surface area (Å²) in [5, 5.41) is 0. The third kappa shape index (κ3) is 2.95. The topological polar surface area (TPSA) is 46.6 Å². The molecule has 1 aliphatic rings. The Morgan fingerprint density at radius 3 is 2.28 bits per heavy atom. The zero-order valence-electron chi connectivity index (χ0n) is 14.5. The van der Waals surface area contributed by atoms with Gasteiger partial charge in [0.15, 0.2) is 0 Å². The fraction of sp³-hybridized carbons (Fsp3) is 0.238. The van der Waals surface area contributed by atoms with Crippen LogP contribution in [0.15, 0.2) is 61.2 Å². The molecule has 2 aromatic rings. The number of nitrogens with zero attached hydrogens (tertiary/aromatic N) is 1. The molecule has 2 aromatic carbocycles. The maximum absolute atomic E-state index is 12.5. The molecule has 0 N–H and O–H groups in total. The number of imide groups is 1. The molecule has 25 heavy (non-hydrogen) atoms. The summed E-state index contributed by atoms with van der Waals surface area (Å²) in [7, 11) is 1.63. The monoisotopic (exact) mass is 335 g/mol. The standard InChI is InChI=1S/C21H21NO3/c1-4-21(2,15-8-7-9-16(14-15)25-3)12-13-22-19(23)17-10-5-6-11-18(17)20(22)24/h4-11,14H,1,12-13H2,2-3H3/t21-/m0/s1. The molecule has 0 spiro atoms. The van der Waals surface area contributed by atoms with E-state index < -0.39 is 0 Å². The first-order valence-electron chi connectivity index (χ1n) is 8.23. The number of allylic oxidation sites excluding steroid dienone is 1. The smallest absolute Gasteiger partial charge is 0.261 e. The van der Waals surface area contributed by atoms with Crippen LogP contribution in [-0.2, 0) is 5.41 Å². The highest BCUT2D eigenvalue weighted by atomic mass is 16.5. The van der Waals surface area contributed by atoms with Crippen molar-refractivity contribution in [2.45, 2.75) is 18.8 Å². The molecule has 3 rings (SSSR count). The number of fused-ring (bicyclic) bond motifs is 1. The van der Waals surface area contributed by atoms with E-state index in [1.165, 1.54) is 4.90 Å². The second kappa shape index (κ2) is 6.55. The highest BCUT2D eigenvalue weighted by molar-refractivity contribution is 6.21. The van der Waals surface area contributed by atoms with Crippen LogP contribution in [0.2, 0.25) is 0 Å². The van der Waals surface area contributed by atoms with E-state index in [0.29, 0.717) is 24.1 Å². The number of benzene rings is 2. The Balaban J connectivity index is 1.81. The van der Waals surface area contributed by atoms with Crippen molar-refractivity contribution in [1.29, 1.82) is 0 Å². The maximum Gasteiger partial charge on any atom is 0.261 e. The van der Waals surface area contributed by atoms with Crippen molar-refractivity contribution in [3.8, 4) is 5.75 Å². The quantitative estimate of drug-likeness (QED) is 0.595. The Bertz CT molecular complexity index is 808. The van der Waals surface area contributed by atoms with E-state index in [9.17, 15) is 9.59 Å². The molecule has 128 valence electrons. The third-order valence-electron chi connectivity index (χ3n) is 4.91. The molecule has 0 saturated heterocycles. The second-order valence-electron chi connectivity index (χ2n) is 6.41. The summed E-state index contributed by atoms with van der Waals surface area (Å²) in [6.07, 6.45) is 2.45. The Labute approximate surface area is 147 Å². The van der Waals surface area contributed by atoms with Gasteiger partial charge in [0.05, 0.1) is 18.2 Å². The Morgan fingerprint density at radius 2 is 1.72 bits per heavy atom. The average molecular weight is 335 g/mol. The number of amides is 2. The van der Waals surface area contributed by atoms with Gasteiger partial charge in [0.1, 0.15) is 5.75 Å². The maximum atomic E-state index is 12.5.